The SMILES string of the molecule is COc1cccc(CNC(=O)c2csc(CN)n2)c1OC1CCCC1. The van der Waals surface area contributed by atoms with Crippen molar-refractivity contribution in [2.75, 3.05) is 7.11 Å². The minimum Gasteiger partial charge on any atom is -0.493 e. The number of hydrogen-bond acceptors (Lipinski definition) is 6. The summed E-state index contributed by atoms with van der Waals surface area (Å²) >= 11 is 1.39. The molecule has 0 unspecified atom stereocenters. The van der Waals surface area contributed by atoms with Gasteiger partial charge in [0.1, 0.15) is 10.7 Å². The lowest BCUT2D eigenvalue weighted by Gasteiger charge is -2.19. The lowest BCUT2D eigenvalue weighted by atomic mass is 10.1. The van der Waals surface area contributed by atoms with Gasteiger partial charge in [-0.3, -0.25) is 4.79 Å². The summed E-state index contributed by atoms with van der Waals surface area (Å²) in [6.45, 7) is 0.695. The molecule has 0 aliphatic heterocycles. The van der Waals surface area contributed by atoms with Crippen molar-refractivity contribution in [3.05, 3.63) is 39.8 Å². The maximum absolute atomic E-state index is 12.3. The minimum absolute atomic E-state index is 0.217. The van der Waals surface area contributed by atoms with Gasteiger partial charge in [0.25, 0.3) is 5.91 Å². The van der Waals surface area contributed by atoms with Crippen molar-refractivity contribution in [2.24, 2.45) is 5.73 Å². The number of rotatable bonds is 7. The Kier molecular flexibility index (Phi) is 5.88. The summed E-state index contributed by atoms with van der Waals surface area (Å²) in [5, 5.41) is 5.37. The Balaban J connectivity index is 1.71. The first-order valence-electron chi connectivity index (χ1n) is 8.46. The van der Waals surface area contributed by atoms with Gasteiger partial charge in [-0.2, -0.15) is 0 Å². The van der Waals surface area contributed by atoms with Gasteiger partial charge in [0.05, 0.1) is 13.2 Å². The third kappa shape index (κ3) is 4.29. The number of carbonyl (C=O) groups excluding carboxylic acids is 1. The van der Waals surface area contributed by atoms with Crippen LogP contribution in [0.25, 0.3) is 0 Å². The van der Waals surface area contributed by atoms with Crippen molar-refractivity contribution >= 4 is 17.2 Å². The third-order valence-corrected chi connectivity index (χ3v) is 5.14. The summed E-state index contributed by atoms with van der Waals surface area (Å²) in [4.78, 5) is 16.5. The Morgan fingerprint density at radius 1 is 1.40 bits per heavy atom. The molecule has 1 aliphatic carbocycles. The van der Waals surface area contributed by atoms with E-state index in [1.54, 1.807) is 12.5 Å². The largest absolute Gasteiger partial charge is 0.493 e. The number of thiazole rings is 1. The number of benzene rings is 1. The summed E-state index contributed by atoms with van der Waals surface area (Å²) in [7, 11) is 1.63. The number of para-hydroxylation sites is 1. The fraction of sp³-hybridized carbons (Fsp3) is 0.444. The van der Waals surface area contributed by atoms with Crippen LogP contribution in [0.4, 0.5) is 0 Å². The van der Waals surface area contributed by atoms with Crippen LogP contribution in [0.1, 0.15) is 46.7 Å². The van der Waals surface area contributed by atoms with E-state index in [2.05, 4.69) is 10.3 Å². The summed E-state index contributed by atoms with van der Waals surface area (Å²) in [5.41, 5.74) is 6.84. The molecular weight excluding hydrogens is 338 g/mol. The Bertz CT molecular complexity index is 726. The van der Waals surface area contributed by atoms with Gasteiger partial charge in [-0.25, -0.2) is 4.98 Å². The number of hydrogen-bond donors (Lipinski definition) is 2. The number of methoxy groups -OCH3 is 1. The van der Waals surface area contributed by atoms with Crippen molar-refractivity contribution in [1.29, 1.82) is 0 Å². The standard InChI is InChI=1S/C18H23N3O3S/c1-23-15-8-4-5-12(17(15)24-13-6-2-3-7-13)10-20-18(22)14-11-25-16(9-19)21-14/h4-5,8,11,13H,2-3,6-7,9-10,19H2,1H3,(H,20,22). The predicted molar refractivity (Wildman–Crippen MR) is 97.1 cm³/mol. The third-order valence-electron chi connectivity index (χ3n) is 4.27. The number of amides is 1. The van der Waals surface area contributed by atoms with Gasteiger partial charge in [0, 0.05) is 24.0 Å². The van der Waals surface area contributed by atoms with E-state index in [1.807, 2.05) is 18.2 Å². The zero-order valence-electron chi connectivity index (χ0n) is 14.3. The van der Waals surface area contributed by atoms with E-state index in [0.717, 1.165) is 29.2 Å². The second kappa shape index (κ2) is 8.31. The van der Waals surface area contributed by atoms with Crippen LogP contribution in [0.2, 0.25) is 0 Å². The van der Waals surface area contributed by atoms with Crippen molar-refractivity contribution in [3.63, 3.8) is 0 Å². The van der Waals surface area contributed by atoms with Gasteiger partial charge in [0.15, 0.2) is 11.5 Å². The summed E-state index contributed by atoms with van der Waals surface area (Å²) < 4.78 is 11.6. The van der Waals surface area contributed by atoms with Gasteiger partial charge in [0.2, 0.25) is 0 Å². The van der Waals surface area contributed by atoms with E-state index >= 15 is 0 Å². The van der Waals surface area contributed by atoms with Crippen LogP contribution in [0, 0.1) is 0 Å². The highest BCUT2D eigenvalue weighted by Crippen LogP contribution is 2.34. The molecule has 0 bridgehead atoms. The molecule has 0 atom stereocenters. The number of ether oxygens (including phenoxy) is 2. The Morgan fingerprint density at radius 3 is 2.88 bits per heavy atom. The quantitative estimate of drug-likeness (QED) is 0.792. The van der Waals surface area contributed by atoms with Crippen molar-refractivity contribution < 1.29 is 14.3 Å². The lowest BCUT2D eigenvalue weighted by Crippen LogP contribution is -2.24. The highest BCUT2D eigenvalue weighted by atomic mass is 32.1. The second-order valence-corrected chi connectivity index (χ2v) is 6.93. The van der Waals surface area contributed by atoms with Crippen LogP contribution >= 0.6 is 11.3 Å². The van der Waals surface area contributed by atoms with Crippen LogP contribution in [0.15, 0.2) is 23.6 Å². The molecule has 1 fully saturated rings. The Morgan fingerprint density at radius 2 is 2.20 bits per heavy atom. The monoisotopic (exact) mass is 361 g/mol. The van der Waals surface area contributed by atoms with Gasteiger partial charge in [-0.15, -0.1) is 11.3 Å². The molecule has 0 radical (unpaired) electrons. The van der Waals surface area contributed by atoms with Gasteiger partial charge in [-0.05, 0) is 31.7 Å². The first-order valence-corrected chi connectivity index (χ1v) is 9.34. The average molecular weight is 361 g/mol. The topological polar surface area (TPSA) is 86.5 Å². The number of carbonyl (C=O) groups is 1. The molecule has 3 N–H and O–H groups in total. The molecule has 2 aromatic rings. The molecule has 1 aliphatic rings. The fourth-order valence-electron chi connectivity index (χ4n) is 2.94. The van der Waals surface area contributed by atoms with Crippen molar-refractivity contribution in [2.45, 2.75) is 44.9 Å². The second-order valence-electron chi connectivity index (χ2n) is 5.99. The molecule has 0 saturated heterocycles. The van der Waals surface area contributed by atoms with E-state index in [1.165, 1.54) is 24.2 Å². The van der Waals surface area contributed by atoms with E-state index in [9.17, 15) is 4.79 Å². The maximum Gasteiger partial charge on any atom is 0.271 e. The average Bonchev–Trinajstić information content (AvgIpc) is 3.32. The minimum atomic E-state index is -0.217. The van der Waals surface area contributed by atoms with Crippen LogP contribution in [-0.2, 0) is 13.1 Å². The smallest absolute Gasteiger partial charge is 0.271 e. The molecule has 1 aromatic heterocycles. The maximum atomic E-state index is 12.3. The molecule has 3 rings (SSSR count). The summed E-state index contributed by atoms with van der Waals surface area (Å²) in [6, 6.07) is 5.72. The van der Waals surface area contributed by atoms with Gasteiger partial charge in [-0.1, -0.05) is 12.1 Å². The molecule has 1 heterocycles. The van der Waals surface area contributed by atoms with Crippen molar-refractivity contribution in [1.82, 2.24) is 10.3 Å². The van der Waals surface area contributed by atoms with E-state index < -0.39 is 0 Å². The molecule has 1 saturated carbocycles. The molecule has 0 spiro atoms. The number of nitrogens with zero attached hydrogens (tertiary/aromatic N) is 1. The molecule has 134 valence electrons. The highest BCUT2D eigenvalue weighted by molar-refractivity contribution is 7.09. The number of aromatic nitrogens is 1. The predicted octanol–water partition coefficient (Wildman–Crippen LogP) is 2.86. The van der Waals surface area contributed by atoms with Crippen LogP contribution in [0.5, 0.6) is 11.5 Å². The number of nitrogens with one attached hydrogen (secondary N) is 1. The molecule has 7 heteroatoms. The zero-order chi connectivity index (χ0) is 17.6. The van der Waals surface area contributed by atoms with Gasteiger partial charge < -0.3 is 20.5 Å². The van der Waals surface area contributed by atoms with E-state index in [0.29, 0.717) is 24.5 Å². The Labute approximate surface area is 151 Å². The first kappa shape index (κ1) is 17.7. The van der Waals surface area contributed by atoms with E-state index in [-0.39, 0.29) is 12.0 Å². The molecular formula is C18H23N3O3S. The van der Waals surface area contributed by atoms with Crippen LogP contribution in [0.3, 0.4) is 0 Å². The highest BCUT2D eigenvalue weighted by Gasteiger charge is 2.21. The molecule has 1 aromatic carbocycles. The summed E-state index contributed by atoms with van der Waals surface area (Å²) in [6.07, 6.45) is 4.73. The normalized spacial score (nSPS) is 14.5. The molecule has 1 amide bonds. The molecule has 6 nitrogen and oxygen atoms in total. The van der Waals surface area contributed by atoms with Crippen LogP contribution in [-0.4, -0.2) is 24.1 Å². The van der Waals surface area contributed by atoms with Gasteiger partial charge >= 0.3 is 0 Å². The fourth-order valence-corrected chi connectivity index (χ4v) is 3.60. The van der Waals surface area contributed by atoms with E-state index in [4.69, 9.17) is 15.2 Å². The molecule has 25 heavy (non-hydrogen) atoms. The zero-order valence-corrected chi connectivity index (χ0v) is 15.1. The Hall–Kier alpha value is -2.12. The van der Waals surface area contributed by atoms with Crippen LogP contribution < -0.4 is 20.5 Å². The summed E-state index contributed by atoms with van der Waals surface area (Å²) in [5.74, 6) is 1.20. The number of nitrogens with two attached hydrogens (primary N) is 1. The lowest BCUT2D eigenvalue weighted by molar-refractivity contribution is 0.0945. The first-order chi connectivity index (χ1) is 12.2. The van der Waals surface area contributed by atoms with Crippen molar-refractivity contribution in [3.8, 4) is 11.5 Å².